The lowest BCUT2D eigenvalue weighted by Gasteiger charge is -2.25. The van der Waals surface area contributed by atoms with Gasteiger partial charge in [0.05, 0.1) is 31.0 Å². The van der Waals surface area contributed by atoms with Crippen LogP contribution in [0.4, 0.5) is 5.69 Å². The van der Waals surface area contributed by atoms with E-state index in [1.54, 1.807) is 24.4 Å². The molecule has 1 fully saturated rings. The summed E-state index contributed by atoms with van der Waals surface area (Å²) in [5.74, 6) is -1.41. The molecule has 7 heteroatoms. The van der Waals surface area contributed by atoms with Gasteiger partial charge in [0.1, 0.15) is 5.70 Å². The smallest absolute Gasteiger partial charge is 0.355 e. The third-order valence-corrected chi connectivity index (χ3v) is 5.08. The number of allylic oxidation sites excluding steroid dienone is 2. The zero-order chi connectivity index (χ0) is 19.8. The molecule has 3 aliphatic rings. The molecule has 144 valence electrons. The number of amides is 1. The monoisotopic (exact) mass is 380 g/mol. The van der Waals surface area contributed by atoms with Crippen molar-refractivity contribution in [3.8, 4) is 0 Å². The van der Waals surface area contributed by atoms with Crippen molar-refractivity contribution < 1.29 is 23.9 Å². The van der Waals surface area contributed by atoms with Crippen molar-refractivity contribution >= 4 is 23.5 Å². The summed E-state index contributed by atoms with van der Waals surface area (Å²) in [6, 6.07) is 5.81. The second kappa shape index (κ2) is 6.99. The summed E-state index contributed by atoms with van der Waals surface area (Å²) in [5.41, 5.74) is 2.05. The van der Waals surface area contributed by atoms with Gasteiger partial charge in [0.25, 0.3) is 5.91 Å². The number of fused-ring (bicyclic) bond motifs is 1. The van der Waals surface area contributed by atoms with Crippen LogP contribution < -0.4 is 4.90 Å². The molecular formula is C21H20N2O5. The molecule has 2 aliphatic heterocycles. The normalized spacial score (nSPS) is 18.3. The zero-order valence-corrected chi connectivity index (χ0v) is 15.7. The van der Waals surface area contributed by atoms with Crippen LogP contribution in [-0.2, 0) is 25.6 Å². The van der Waals surface area contributed by atoms with Crippen LogP contribution >= 0.6 is 0 Å². The van der Waals surface area contributed by atoms with Gasteiger partial charge in [0, 0.05) is 18.8 Å². The lowest BCUT2D eigenvalue weighted by atomic mass is 10.1. The largest absolute Gasteiger partial charge is 0.465 e. The fraction of sp³-hybridized carbons (Fsp3) is 0.286. The van der Waals surface area contributed by atoms with E-state index in [2.05, 4.69) is 0 Å². The standard InChI is InChI=1S/C21H20N2O5/c1-27-20(25)15-7-3-4-11-22(18(15)21(26)28-2)16-8-5-6-13-12-23(14-9-10-14)19(24)17(13)16/h3-8,11,14H,9-10,12H2,1-2H3. The number of hydrogen-bond donors (Lipinski definition) is 0. The first-order valence-electron chi connectivity index (χ1n) is 9.04. The van der Waals surface area contributed by atoms with Crippen molar-refractivity contribution in [3.05, 3.63) is 65.0 Å². The minimum atomic E-state index is -0.696. The first-order valence-corrected chi connectivity index (χ1v) is 9.04. The van der Waals surface area contributed by atoms with Crippen LogP contribution in [0.1, 0.15) is 28.8 Å². The van der Waals surface area contributed by atoms with Gasteiger partial charge >= 0.3 is 11.9 Å². The van der Waals surface area contributed by atoms with Crippen molar-refractivity contribution in [3.63, 3.8) is 0 Å². The molecule has 1 amide bonds. The molecule has 0 bridgehead atoms. The average Bonchev–Trinajstić information content (AvgIpc) is 3.52. The molecule has 28 heavy (non-hydrogen) atoms. The molecular weight excluding hydrogens is 360 g/mol. The van der Waals surface area contributed by atoms with Crippen LogP contribution in [0.3, 0.4) is 0 Å². The summed E-state index contributed by atoms with van der Waals surface area (Å²) in [6.45, 7) is 0.559. The molecule has 0 radical (unpaired) electrons. The third-order valence-electron chi connectivity index (χ3n) is 5.08. The molecule has 4 rings (SSSR count). The van der Waals surface area contributed by atoms with Crippen molar-refractivity contribution in [1.29, 1.82) is 0 Å². The topological polar surface area (TPSA) is 76.2 Å². The number of methoxy groups -OCH3 is 2. The Labute approximate surface area is 162 Å². The van der Waals surface area contributed by atoms with E-state index < -0.39 is 11.9 Å². The van der Waals surface area contributed by atoms with Crippen molar-refractivity contribution in [2.24, 2.45) is 0 Å². The molecule has 0 aromatic heterocycles. The maximum Gasteiger partial charge on any atom is 0.355 e. The number of benzene rings is 1. The molecule has 0 saturated heterocycles. The van der Waals surface area contributed by atoms with E-state index in [-0.39, 0.29) is 23.2 Å². The van der Waals surface area contributed by atoms with Gasteiger partial charge < -0.3 is 19.3 Å². The molecule has 7 nitrogen and oxygen atoms in total. The number of esters is 2. The van der Waals surface area contributed by atoms with Gasteiger partial charge in [-0.15, -0.1) is 0 Å². The predicted molar refractivity (Wildman–Crippen MR) is 101 cm³/mol. The number of hydrogen-bond acceptors (Lipinski definition) is 6. The Hall–Kier alpha value is -3.35. The van der Waals surface area contributed by atoms with E-state index in [0.717, 1.165) is 18.4 Å². The number of ether oxygens (including phenoxy) is 2. The Morgan fingerprint density at radius 2 is 1.82 bits per heavy atom. The fourth-order valence-electron chi connectivity index (χ4n) is 3.60. The molecule has 0 atom stereocenters. The van der Waals surface area contributed by atoms with E-state index in [0.29, 0.717) is 17.8 Å². The zero-order valence-electron chi connectivity index (χ0n) is 15.7. The molecule has 0 N–H and O–H groups in total. The quantitative estimate of drug-likeness (QED) is 0.746. The summed E-state index contributed by atoms with van der Waals surface area (Å²) in [6.07, 6.45) is 8.50. The summed E-state index contributed by atoms with van der Waals surface area (Å²) in [4.78, 5) is 41.4. The van der Waals surface area contributed by atoms with E-state index in [1.165, 1.54) is 25.2 Å². The van der Waals surface area contributed by atoms with Crippen LogP contribution in [0.25, 0.3) is 0 Å². The molecule has 0 spiro atoms. The molecule has 1 aliphatic carbocycles. The summed E-state index contributed by atoms with van der Waals surface area (Å²) < 4.78 is 9.77. The number of carbonyl (C=O) groups is 3. The Kier molecular flexibility index (Phi) is 4.50. The van der Waals surface area contributed by atoms with Crippen molar-refractivity contribution in [2.45, 2.75) is 25.4 Å². The van der Waals surface area contributed by atoms with Crippen LogP contribution in [-0.4, -0.2) is 43.0 Å². The fourth-order valence-corrected chi connectivity index (χ4v) is 3.60. The van der Waals surface area contributed by atoms with E-state index in [4.69, 9.17) is 9.47 Å². The van der Waals surface area contributed by atoms with Gasteiger partial charge in [-0.1, -0.05) is 18.2 Å². The van der Waals surface area contributed by atoms with Crippen LogP contribution in [0.15, 0.2) is 53.9 Å². The summed E-state index contributed by atoms with van der Waals surface area (Å²) in [5, 5.41) is 0. The average molecular weight is 380 g/mol. The van der Waals surface area contributed by atoms with E-state index in [1.807, 2.05) is 17.0 Å². The second-order valence-corrected chi connectivity index (χ2v) is 6.79. The molecule has 1 saturated carbocycles. The minimum Gasteiger partial charge on any atom is -0.465 e. The molecule has 1 aromatic rings. The highest BCUT2D eigenvalue weighted by Gasteiger charge is 2.41. The number of nitrogens with zero attached hydrogens (tertiary/aromatic N) is 2. The molecule has 0 unspecified atom stereocenters. The van der Waals surface area contributed by atoms with Crippen molar-refractivity contribution in [1.82, 2.24) is 4.90 Å². The number of anilines is 1. The van der Waals surface area contributed by atoms with Gasteiger partial charge in [-0.25, -0.2) is 9.59 Å². The predicted octanol–water partition coefficient (Wildman–Crippen LogP) is 2.29. The van der Waals surface area contributed by atoms with Gasteiger partial charge in [-0.2, -0.15) is 0 Å². The first-order chi connectivity index (χ1) is 13.6. The lowest BCUT2D eigenvalue weighted by molar-refractivity contribution is -0.139. The third kappa shape index (κ3) is 2.89. The highest BCUT2D eigenvalue weighted by Crippen LogP contribution is 2.40. The van der Waals surface area contributed by atoms with E-state index >= 15 is 0 Å². The van der Waals surface area contributed by atoms with E-state index in [9.17, 15) is 14.4 Å². The molecule has 2 heterocycles. The van der Waals surface area contributed by atoms with Gasteiger partial charge in [-0.3, -0.25) is 4.79 Å². The maximum absolute atomic E-state index is 13.1. The summed E-state index contributed by atoms with van der Waals surface area (Å²) in [7, 11) is 2.49. The Bertz CT molecular complexity index is 956. The SMILES string of the molecule is COC(=O)C1=C(C(=O)OC)N(c2cccc3c2C(=O)N(C2CC2)C3)C=CC=C1. The Balaban J connectivity index is 1.87. The minimum absolute atomic E-state index is 0.00502. The second-order valence-electron chi connectivity index (χ2n) is 6.79. The lowest BCUT2D eigenvalue weighted by Crippen LogP contribution is -2.29. The Morgan fingerprint density at radius 3 is 2.50 bits per heavy atom. The van der Waals surface area contributed by atoms with Crippen LogP contribution in [0.5, 0.6) is 0 Å². The highest BCUT2D eigenvalue weighted by molar-refractivity contribution is 6.09. The van der Waals surface area contributed by atoms with Crippen LogP contribution in [0, 0.1) is 0 Å². The maximum atomic E-state index is 13.1. The van der Waals surface area contributed by atoms with Gasteiger partial charge in [-0.05, 0) is 36.6 Å². The van der Waals surface area contributed by atoms with Gasteiger partial charge in [0.2, 0.25) is 0 Å². The van der Waals surface area contributed by atoms with Crippen LogP contribution in [0.2, 0.25) is 0 Å². The summed E-state index contributed by atoms with van der Waals surface area (Å²) >= 11 is 0. The van der Waals surface area contributed by atoms with Gasteiger partial charge in [0.15, 0.2) is 0 Å². The number of carbonyl (C=O) groups excluding carboxylic acids is 3. The molecule has 1 aromatic carbocycles. The number of rotatable bonds is 4. The van der Waals surface area contributed by atoms with Crippen molar-refractivity contribution in [2.75, 3.05) is 19.1 Å². The first kappa shape index (κ1) is 18.0. The highest BCUT2D eigenvalue weighted by atomic mass is 16.5. The Morgan fingerprint density at radius 1 is 1.07 bits per heavy atom.